The number of aromatic nitrogens is 4. The molecule has 130 valence electrons. The minimum atomic E-state index is -0.0129. The van der Waals surface area contributed by atoms with E-state index >= 15 is 0 Å². The molecule has 1 amide bonds. The summed E-state index contributed by atoms with van der Waals surface area (Å²) in [5.74, 6) is 1.37. The molecule has 0 saturated heterocycles. The Labute approximate surface area is 150 Å². The number of aryl methyl sites for hydroxylation is 1. The molecule has 1 aliphatic carbocycles. The molecule has 1 saturated carbocycles. The van der Waals surface area contributed by atoms with E-state index < -0.39 is 0 Å². The van der Waals surface area contributed by atoms with Crippen molar-refractivity contribution in [2.75, 3.05) is 12.3 Å². The second-order valence-corrected chi connectivity index (χ2v) is 8.60. The van der Waals surface area contributed by atoms with Crippen molar-refractivity contribution in [3.05, 3.63) is 22.5 Å². The van der Waals surface area contributed by atoms with E-state index in [9.17, 15) is 4.79 Å². The van der Waals surface area contributed by atoms with Crippen LogP contribution in [0.1, 0.15) is 65.5 Å². The van der Waals surface area contributed by atoms with Gasteiger partial charge in [0.1, 0.15) is 5.01 Å². The van der Waals surface area contributed by atoms with Crippen LogP contribution in [0.3, 0.4) is 0 Å². The topological polar surface area (TPSA) is 83.6 Å². The maximum atomic E-state index is 12.4. The number of H-pyrrole nitrogens is 1. The van der Waals surface area contributed by atoms with Crippen molar-refractivity contribution in [1.29, 1.82) is 0 Å². The van der Waals surface area contributed by atoms with Gasteiger partial charge in [-0.2, -0.15) is 5.10 Å². The molecule has 8 heteroatoms. The summed E-state index contributed by atoms with van der Waals surface area (Å²) in [6, 6.07) is 0. The van der Waals surface area contributed by atoms with Gasteiger partial charge in [-0.05, 0) is 26.2 Å². The third-order valence-corrected chi connectivity index (χ3v) is 6.32. The Morgan fingerprint density at radius 3 is 2.96 bits per heavy atom. The van der Waals surface area contributed by atoms with Crippen LogP contribution in [0.15, 0.2) is 10.5 Å². The molecule has 0 spiro atoms. The number of aromatic amines is 1. The van der Waals surface area contributed by atoms with Crippen LogP contribution in [-0.4, -0.2) is 38.6 Å². The number of hydrogen-bond donors (Lipinski definition) is 2. The summed E-state index contributed by atoms with van der Waals surface area (Å²) in [6.07, 6.45) is 8.67. The van der Waals surface area contributed by atoms with Gasteiger partial charge >= 0.3 is 0 Å². The van der Waals surface area contributed by atoms with Crippen molar-refractivity contribution in [1.82, 2.24) is 25.7 Å². The highest BCUT2D eigenvalue weighted by Gasteiger charge is 2.23. The van der Waals surface area contributed by atoms with Crippen molar-refractivity contribution in [3.63, 3.8) is 0 Å². The number of nitrogens with zero attached hydrogens (tertiary/aromatic N) is 3. The average molecular weight is 366 g/mol. The first-order valence-corrected chi connectivity index (χ1v) is 10.3. The quantitative estimate of drug-likeness (QED) is 0.579. The van der Waals surface area contributed by atoms with Crippen LogP contribution in [-0.2, 0) is 0 Å². The Hall–Kier alpha value is -1.41. The summed E-state index contributed by atoms with van der Waals surface area (Å²) in [6.45, 7) is 2.62. The fraction of sp³-hybridized carbons (Fsp3) is 0.625. The van der Waals surface area contributed by atoms with E-state index in [1.165, 1.54) is 19.3 Å². The molecule has 24 heavy (non-hydrogen) atoms. The first kappa shape index (κ1) is 17.4. The van der Waals surface area contributed by atoms with E-state index in [4.69, 9.17) is 0 Å². The maximum absolute atomic E-state index is 12.4. The molecule has 2 aromatic heterocycles. The van der Waals surface area contributed by atoms with Crippen molar-refractivity contribution in [3.8, 4) is 0 Å². The first-order chi connectivity index (χ1) is 11.7. The van der Waals surface area contributed by atoms with Crippen LogP contribution in [0.25, 0.3) is 0 Å². The SMILES string of the molecule is Cc1nnc(SCCCNC(=O)c2cn[nH]c2C2CCCCC2)s1. The van der Waals surface area contributed by atoms with Gasteiger partial charge < -0.3 is 5.32 Å². The van der Waals surface area contributed by atoms with Crippen LogP contribution in [0.2, 0.25) is 0 Å². The molecule has 3 rings (SSSR count). The van der Waals surface area contributed by atoms with E-state index in [1.807, 2.05) is 6.92 Å². The molecule has 0 radical (unpaired) electrons. The van der Waals surface area contributed by atoms with Gasteiger partial charge in [0.25, 0.3) is 5.91 Å². The number of hydrogen-bond acceptors (Lipinski definition) is 6. The lowest BCUT2D eigenvalue weighted by atomic mass is 9.85. The zero-order valence-electron chi connectivity index (χ0n) is 13.9. The van der Waals surface area contributed by atoms with Crippen molar-refractivity contribution in [2.24, 2.45) is 0 Å². The fourth-order valence-electron chi connectivity index (χ4n) is 3.05. The molecule has 0 atom stereocenters. The lowest BCUT2D eigenvalue weighted by Gasteiger charge is -2.21. The highest BCUT2D eigenvalue weighted by atomic mass is 32.2. The standard InChI is InChI=1S/C16H23N5OS2/c1-11-19-21-16(24-11)23-9-5-8-17-15(22)13-10-18-20-14(13)12-6-3-2-4-7-12/h10,12H,2-9H2,1H3,(H,17,22)(H,18,20). The average Bonchev–Trinajstić information content (AvgIpc) is 3.24. The van der Waals surface area contributed by atoms with Gasteiger partial charge in [-0.15, -0.1) is 10.2 Å². The molecule has 2 heterocycles. The number of carbonyl (C=O) groups excluding carboxylic acids is 1. The van der Waals surface area contributed by atoms with Gasteiger partial charge in [0.2, 0.25) is 0 Å². The van der Waals surface area contributed by atoms with Gasteiger partial charge in [-0.3, -0.25) is 9.89 Å². The normalized spacial score (nSPS) is 15.5. The number of nitrogens with one attached hydrogen (secondary N) is 2. The van der Waals surface area contributed by atoms with Gasteiger partial charge in [0.05, 0.1) is 17.5 Å². The van der Waals surface area contributed by atoms with Crippen LogP contribution in [0.4, 0.5) is 0 Å². The Balaban J connectivity index is 1.43. The Morgan fingerprint density at radius 1 is 1.38 bits per heavy atom. The highest BCUT2D eigenvalue weighted by Crippen LogP contribution is 2.33. The minimum absolute atomic E-state index is 0.0129. The summed E-state index contributed by atoms with van der Waals surface area (Å²) in [7, 11) is 0. The van der Waals surface area contributed by atoms with Crippen LogP contribution < -0.4 is 5.32 Å². The molecular formula is C16H23N5OS2. The summed E-state index contributed by atoms with van der Waals surface area (Å²) in [5.41, 5.74) is 1.74. The minimum Gasteiger partial charge on any atom is -0.352 e. The second-order valence-electron chi connectivity index (χ2n) is 6.08. The molecule has 0 aromatic carbocycles. The summed E-state index contributed by atoms with van der Waals surface area (Å²) < 4.78 is 0.994. The van der Waals surface area contributed by atoms with Crippen LogP contribution >= 0.6 is 23.1 Å². The highest BCUT2D eigenvalue weighted by molar-refractivity contribution is 8.01. The van der Waals surface area contributed by atoms with Gasteiger partial charge in [0.15, 0.2) is 4.34 Å². The number of thioether (sulfide) groups is 1. The molecule has 0 bridgehead atoms. The third-order valence-electron chi connectivity index (χ3n) is 4.27. The lowest BCUT2D eigenvalue weighted by molar-refractivity contribution is 0.0952. The Morgan fingerprint density at radius 2 is 2.21 bits per heavy atom. The van der Waals surface area contributed by atoms with Crippen LogP contribution in [0, 0.1) is 6.92 Å². The lowest BCUT2D eigenvalue weighted by Crippen LogP contribution is -2.26. The largest absolute Gasteiger partial charge is 0.352 e. The second kappa shape index (κ2) is 8.62. The molecule has 1 fully saturated rings. The van der Waals surface area contributed by atoms with Crippen LogP contribution in [0.5, 0.6) is 0 Å². The monoisotopic (exact) mass is 365 g/mol. The van der Waals surface area contributed by atoms with E-state index in [-0.39, 0.29) is 5.91 Å². The summed E-state index contributed by atoms with van der Waals surface area (Å²) in [5, 5.41) is 19.2. The molecule has 2 N–H and O–H groups in total. The van der Waals surface area contributed by atoms with E-state index in [1.54, 1.807) is 29.3 Å². The Bertz CT molecular complexity index is 663. The molecular weight excluding hydrogens is 342 g/mol. The van der Waals surface area contributed by atoms with E-state index in [2.05, 4.69) is 25.7 Å². The van der Waals surface area contributed by atoms with Gasteiger partial charge in [-0.1, -0.05) is 42.4 Å². The smallest absolute Gasteiger partial charge is 0.254 e. The van der Waals surface area contributed by atoms with Gasteiger partial charge in [-0.25, -0.2) is 0 Å². The molecule has 2 aromatic rings. The van der Waals surface area contributed by atoms with Crippen molar-refractivity contribution < 1.29 is 4.79 Å². The van der Waals surface area contributed by atoms with Gasteiger partial charge in [0, 0.05) is 18.2 Å². The Kier molecular flexibility index (Phi) is 6.25. The van der Waals surface area contributed by atoms with Crippen molar-refractivity contribution in [2.45, 2.75) is 55.7 Å². The number of rotatable bonds is 7. The van der Waals surface area contributed by atoms with Crippen molar-refractivity contribution >= 4 is 29.0 Å². The number of carbonyl (C=O) groups is 1. The molecule has 0 unspecified atom stereocenters. The third kappa shape index (κ3) is 4.57. The summed E-state index contributed by atoms with van der Waals surface area (Å²) in [4.78, 5) is 12.4. The zero-order valence-corrected chi connectivity index (χ0v) is 15.5. The molecule has 1 aliphatic rings. The zero-order chi connectivity index (χ0) is 16.8. The molecule has 0 aliphatic heterocycles. The van der Waals surface area contributed by atoms with E-state index in [0.29, 0.717) is 18.0 Å². The predicted molar refractivity (Wildman–Crippen MR) is 96.7 cm³/mol. The molecule has 6 nitrogen and oxygen atoms in total. The predicted octanol–water partition coefficient (Wildman–Crippen LogP) is 3.53. The number of amides is 1. The van der Waals surface area contributed by atoms with E-state index in [0.717, 1.165) is 40.1 Å². The fourth-order valence-corrected chi connectivity index (χ4v) is 4.87. The maximum Gasteiger partial charge on any atom is 0.254 e. The first-order valence-electron chi connectivity index (χ1n) is 8.48. The summed E-state index contributed by atoms with van der Waals surface area (Å²) >= 11 is 3.30.